The number of carbonyl (C=O) groups excluding carboxylic acids is 1. The number of aliphatic hydroxyl groups excluding tert-OH is 2. The standard InChI is InChI=1S/C14H21NO4/c1-10(2)19-9-11-3-5-12(6-4-11)14(18)15-7-13(17)8-16/h3-6,10,13,16-17H,7-9H2,1-2H3,(H,15,18). The molecule has 3 N–H and O–H groups in total. The lowest BCUT2D eigenvalue weighted by Crippen LogP contribution is -2.33. The molecule has 0 fully saturated rings. The fourth-order valence-electron chi connectivity index (χ4n) is 1.39. The fourth-order valence-corrected chi connectivity index (χ4v) is 1.39. The number of nitrogens with one attached hydrogen (secondary N) is 1. The Bertz CT molecular complexity index is 389. The highest BCUT2D eigenvalue weighted by Gasteiger charge is 2.08. The highest BCUT2D eigenvalue weighted by Crippen LogP contribution is 2.07. The molecule has 5 heteroatoms. The van der Waals surface area contributed by atoms with Crippen LogP contribution in [0.3, 0.4) is 0 Å². The van der Waals surface area contributed by atoms with E-state index in [-0.39, 0.29) is 25.2 Å². The summed E-state index contributed by atoms with van der Waals surface area (Å²) in [6, 6.07) is 7.08. The maximum absolute atomic E-state index is 11.7. The summed E-state index contributed by atoms with van der Waals surface area (Å²) in [5, 5.41) is 20.3. The van der Waals surface area contributed by atoms with E-state index in [4.69, 9.17) is 14.9 Å². The molecule has 106 valence electrons. The van der Waals surface area contributed by atoms with Gasteiger partial charge in [-0.25, -0.2) is 0 Å². The first kappa shape index (κ1) is 15.6. The molecule has 0 saturated heterocycles. The molecule has 0 bridgehead atoms. The summed E-state index contributed by atoms with van der Waals surface area (Å²) in [5.41, 5.74) is 1.51. The summed E-state index contributed by atoms with van der Waals surface area (Å²) in [4.78, 5) is 11.7. The third kappa shape index (κ3) is 5.83. The van der Waals surface area contributed by atoms with Crippen LogP contribution in [0.25, 0.3) is 0 Å². The molecule has 1 aromatic rings. The van der Waals surface area contributed by atoms with Crippen molar-refractivity contribution in [3.05, 3.63) is 35.4 Å². The third-order valence-corrected chi connectivity index (χ3v) is 2.51. The maximum atomic E-state index is 11.7. The van der Waals surface area contributed by atoms with E-state index in [9.17, 15) is 4.79 Å². The number of aliphatic hydroxyl groups is 2. The first-order valence-corrected chi connectivity index (χ1v) is 6.30. The molecule has 1 rings (SSSR count). The second-order valence-corrected chi connectivity index (χ2v) is 4.60. The highest BCUT2D eigenvalue weighted by atomic mass is 16.5. The van der Waals surface area contributed by atoms with Gasteiger partial charge in [-0.2, -0.15) is 0 Å². The second kappa shape index (κ2) is 7.89. The Hall–Kier alpha value is -1.43. The summed E-state index contributed by atoms with van der Waals surface area (Å²) in [5.74, 6) is -0.274. The van der Waals surface area contributed by atoms with E-state index in [1.807, 2.05) is 26.0 Å². The average Bonchev–Trinajstić information content (AvgIpc) is 2.42. The predicted octanol–water partition coefficient (Wildman–Crippen LogP) is 0.695. The Labute approximate surface area is 113 Å². The summed E-state index contributed by atoms with van der Waals surface area (Å²) >= 11 is 0. The van der Waals surface area contributed by atoms with Gasteiger partial charge in [0.1, 0.15) is 0 Å². The number of hydrogen-bond donors (Lipinski definition) is 3. The van der Waals surface area contributed by atoms with Gasteiger partial charge in [-0.3, -0.25) is 4.79 Å². The average molecular weight is 267 g/mol. The lowest BCUT2D eigenvalue weighted by molar-refractivity contribution is 0.0656. The molecule has 19 heavy (non-hydrogen) atoms. The molecule has 0 aromatic heterocycles. The number of rotatable bonds is 7. The van der Waals surface area contributed by atoms with Gasteiger partial charge in [0.05, 0.1) is 25.4 Å². The Morgan fingerprint density at radius 2 is 1.95 bits per heavy atom. The monoisotopic (exact) mass is 267 g/mol. The van der Waals surface area contributed by atoms with Gasteiger partial charge in [0, 0.05) is 12.1 Å². The minimum absolute atomic E-state index is 0.0353. The molecule has 0 saturated carbocycles. The first-order valence-electron chi connectivity index (χ1n) is 6.30. The summed E-state index contributed by atoms with van der Waals surface area (Å²) in [6.07, 6.45) is -0.759. The minimum Gasteiger partial charge on any atom is -0.394 e. The molecule has 0 aliphatic carbocycles. The topological polar surface area (TPSA) is 78.8 Å². The van der Waals surface area contributed by atoms with Crippen LogP contribution in [-0.4, -0.2) is 41.5 Å². The van der Waals surface area contributed by atoms with E-state index in [0.29, 0.717) is 12.2 Å². The van der Waals surface area contributed by atoms with Crippen LogP contribution in [-0.2, 0) is 11.3 Å². The number of carbonyl (C=O) groups is 1. The van der Waals surface area contributed by atoms with Gasteiger partial charge < -0.3 is 20.3 Å². The van der Waals surface area contributed by atoms with Gasteiger partial charge in [-0.1, -0.05) is 12.1 Å². The van der Waals surface area contributed by atoms with Crippen molar-refractivity contribution in [3.8, 4) is 0 Å². The van der Waals surface area contributed by atoms with Gasteiger partial charge in [0.25, 0.3) is 5.91 Å². The SMILES string of the molecule is CC(C)OCc1ccc(C(=O)NCC(O)CO)cc1. The normalized spacial score (nSPS) is 12.5. The largest absolute Gasteiger partial charge is 0.394 e. The van der Waals surface area contributed by atoms with E-state index in [2.05, 4.69) is 5.32 Å². The van der Waals surface area contributed by atoms with Crippen LogP contribution in [0.2, 0.25) is 0 Å². The van der Waals surface area contributed by atoms with Crippen molar-refractivity contribution < 1.29 is 19.7 Å². The molecule has 1 amide bonds. The molecule has 0 aliphatic rings. The van der Waals surface area contributed by atoms with Crippen molar-refractivity contribution in [2.75, 3.05) is 13.2 Å². The fraction of sp³-hybridized carbons (Fsp3) is 0.500. The number of ether oxygens (including phenoxy) is 1. The zero-order valence-corrected chi connectivity index (χ0v) is 11.3. The smallest absolute Gasteiger partial charge is 0.251 e. The van der Waals surface area contributed by atoms with Crippen LogP contribution in [0.5, 0.6) is 0 Å². The molecule has 0 spiro atoms. The van der Waals surface area contributed by atoms with Crippen LogP contribution in [0, 0.1) is 0 Å². The number of hydrogen-bond acceptors (Lipinski definition) is 4. The van der Waals surface area contributed by atoms with Crippen molar-refractivity contribution in [1.29, 1.82) is 0 Å². The molecule has 1 aromatic carbocycles. The molecule has 1 unspecified atom stereocenters. The Morgan fingerprint density at radius 3 is 2.47 bits per heavy atom. The molecule has 0 heterocycles. The van der Waals surface area contributed by atoms with E-state index in [1.54, 1.807) is 12.1 Å². The second-order valence-electron chi connectivity index (χ2n) is 4.60. The molecule has 1 atom stereocenters. The maximum Gasteiger partial charge on any atom is 0.251 e. The Morgan fingerprint density at radius 1 is 1.32 bits per heavy atom. The van der Waals surface area contributed by atoms with Gasteiger partial charge in [0.15, 0.2) is 0 Å². The van der Waals surface area contributed by atoms with Crippen LogP contribution in [0.1, 0.15) is 29.8 Å². The van der Waals surface area contributed by atoms with Crippen molar-refractivity contribution in [3.63, 3.8) is 0 Å². The van der Waals surface area contributed by atoms with Crippen molar-refractivity contribution >= 4 is 5.91 Å². The van der Waals surface area contributed by atoms with Crippen LogP contribution >= 0.6 is 0 Å². The summed E-state index contributed by atoms with van der Waals surface area (Å²) < 4.78 is 5.46. The third-order valence-electron chi connectivity index (χ3n) is 2.51. The van der Waals surface area contributed by atoms with E-state index in [0.717, 1.165) is 5.56 Å². The minimum atomic E-state index is -0.928. The van der Waals surface area contributed by atoms with Gasteiger partial charge >= 0.3 is 0 Å². The quantitative estimate of drug-likeness (QED) is 0.679. The van der Waals surface area contributed by atoms with Crippen molar-refractivity contribution in [1.82, 2.24) is 5.32 Å². The Balaban J connectivity index is 2.48. The molecular formula is C14H21NO4. The van der Waals surface area contributed by atoms with Crippen LogP contribution in [0.4, 0.5) is 0 Å². The molecule has 0 radical (unpaired) electrons. The number of amides is 1. The zero-order valence-electron chi connectivity index (χ0n) is 11.3. The molecular weight excluding hydrogens is 246 g/mol. The number of benzene rings is 1. The van der Waals surface area contributed by atoms with Crippen molar-refractivity contribution in [2.45, 2.75) is 32.7 Å². The van der Waals surface area contributed by atoms with Crippen molar-refractivity contribution in [2.24, 2.45) is 0 Å². The highest BCUT2D eigenvalue weighted by molar-refractivity contribution is 5.94. The first-order chi connectivity index (χ1) is 9.02. The van der Waals surface area contributed by atoms with Crippen LogP contribution in [0.15, 0.2) is 24.3 Å². The Kier molecular flexibility index (Phi) is 6.49. The van der Waals surface area contributed by atoms with E-state index >= 15 is 0 Å². The van der Waals surface area contributed by atoms with Gasteiger partial charge in [-0.15, -0.1) is 0 Å². The summed E-state index contributed by atoms with van der Waals surface area (Å²) in [6.45, 7) is 4.12. The summed E-state index contributed by atoms with van der Waals surface area (Å²) in [7, 11) is 0. The van der Waals surface area contributed by atoms with Gasteiger partial charge in [-0.05, 0) is 31.5 Å². The van der Waals surface area contributed by atoms with E-state index < -0.39 is 6.10 Å². The van der Waals surface area contributed by atoms with E-state index in [1.165, 1.54) is 0 Å². The van der Waals surface area contributed by atoms with Gasteiger partial charge in [0.2, 0.25) is 0 Å². The lowest BCUT2D eigenvalue weighted by atomic mass is 10.1. The lowest BCUT2D eigenvalue weighted by Gasteiger charge is -2.10. The molecule has 5 nitrogen and oxygen atoms in total. The predicted molar refractivity (Wildman–Crippen MR) is 71.8 cm³/mol. The van der Waals surface area contributed by atoms with Crippen LogP contribution < -0.4 is 5.32 Å². The zero-order chi connectivity index (χ0) is 14.3. The molecule has 0 aliphatic heterocycles.